The van der Waals surface area contributed by atoms with Crippen LogP contribution in [0.15, 0.2) is 97.3 Å². The van der Waals surface area contributed by atoms with Gasteiger partial charge in [0.15, 0.2) is 5.12 Å². The number of rotatable bonds is 9. The fourth-order valence-corrected chi connectivity index (χ4v) is 8.90. The van der Waals surface area contributed by atoms with Crippen molar-refractivity contribution in [3.8, 4) is 0 Å². The van der Waals surface area contributed by atoms with Gasteiger partial charge in [-0.1, -0.05) is 66.4 Å². The number of aromatic nitrogens is 4. The van der Waals surface area contributed by atoms with E-state index in [9.17, 15) is 4.79 Å². The summed E-state index contributed by atoms with van der Waals surface area (Å²) >= 11 is 1.36. The van der Waals surface area contributed by atoms with Crippen LogP contribution < -0.4 is 32.9 Å². The largest absolute Gasteiger partial charge is 1.00 e. The van der Waals surface area contributed by atoms with Crippen molar-refractivity contribution in [2.24, 2.45) is 0 Å². The average Bonchev–Trinajstić information content (AvgIpc) is 3.35. The summed E-state index contributed by atoms with van der Waals surface area (Å²) in [7, 11) is -1.96. The lowest BCUT2D eigenvalue weighted by Crippen LogP contribution is -3.00. The summed E-state index contributed by atoms with van der Waals surface area (Å²) in [6, 6.07) is 32.0. The Bertz CT molecular complexity index is 986. The van der Waals surface area contributed by atoms with Crippen molar-refractivity contribution in [3.63, 3.8) is 0 Å². The Balaban J connectivity index is 0.00000289. The first kappa shape index (κ1) is 24.3. The molecule has 0 amide bonds. The highest BCUT2D eigenvalue weighted by molar-refractivity contribution is 8.13. The maximum absolute atomic E-state index is 12.8. The van der Waals surface area contributed by atoms with Gasteiger partial charge >= 0.3 is 0 Å². The van der Waals surface area contributed by atoms with Crippen LogP contribution in [-0.2, 0) is 11.3 Å². The monoisotopic (exact) mass is 526 g/mol. The highest BCUT2D eigenvalue weighted by Crippen LogP contribution is 2.55. The number of thioether (sulfide) groups is 1. The predicted molar refractivity (Wildman–Crippen MR) is 130 cm³/mol. The summed E-state index contributed by atoms with van der Waals surface area (Å²) in [5, 5.41) is 15.2. The first-order valence-corrected chi connectivity index (χ1v) is 13.2. The first-order chi connectivity index (χ1) is 15.3. The van der Waals surface area contributed by atoms with Gasteiger partial charge < -0.3 is 17.0 Å². The fourth-order valence-electron chi connectivity index (χ4n) is 3.75. The second-order valence-electron chi connectivity index (χ2n) is 7.08. The minimum absolute atomic E-state index is 0. The van der Waals surface area contributed by atoms with Crippen molar-refractivity contribution in [2.45, 2.75) is 13.0 Å². The molecule has 0 bridgehead atoms. The van der Waals surface area contributed by atoms with Crippen molar-refractivity contribution in [2.75, 3.05) is 11.9 Å². The van der Waals surface area contributed by atoms with E-state index in [0.29, 0.717) is 18.7 Å². The Morgan fingerprint density at radius 2 is 1.31 bits per heavy atom. The normalized spacial score (nSPS) is 11.0. The smallest absolute Gasteiger partial charge is 0.192 e. The van der Waals surface area contributed by atoms with Gasteiger partial charge in [0.25, 0.3) is 0 Å². The van der Waals surface area contributed by atoms with Crippen molar-refractivity contribution in [1.82, 2.24) is 20.2 Å². The molecule has 0 aliphatic carbocycles. The van der Waals surface area contributed by atoms with E-state index in [1.165, 1.54) is 27.7 Å². The van der Waals surface area contributed by atoms with Crippen LogP contribution in [-0.4, -0.2) is 37.2 Å². The summed E-state index contributed by atoms with van der Waals surface area (Å²) in [4.78, 5) is 12.8. The molecule has 8 heteroatoms. The molecule has 0 fully saturated rings. The van der Waals surface area contributed by atoms with Gasteiger partial charge in [0.05, 0.1) is 19.1 Å². The Morgan fingerprint density at radius 3 is 1.75 bits per heavy atom. The van der Waals surface area contributed by atoms with Gasteiger partial charge in [0.2, 0.25) is 0 Å². The van der Waals surface area contributed by atoms with Crippen LogP contribution in [0, 0.1) is 0 Å². The number of carbonyl (C=O) groups excluding carboxylic acids is 1. The molecule has 0 saturated heterocycles. The van der Waals surface area contributed by atoms with Crippen LogP contribution in [0.2, 0.25) is 0 Å². The zero-order valence-corrected chi connectivity index (χ0v) is 20.8. The lowest BCUT2D eigenvalue weighted by Gasteiger charge is -2.27. The minimum atomic E-state index is -1.96. The van der Waals surface area contributed by atoms with Crippen LogP contribution in [0.3, 0.4) is 0 Å². The van der Waals surface area contributed by atoms with Gasteiger partial charge in [-0.3, -0.25) is 4.79 Å². The number of aryl methyl sites for hydroxylation is 1. The highest BCUT2D eigenvalue weighted by atomic mass is 79.9. The summed E-state index contributed by atoms with van der Waals surface area (Å²) in [6.45, 7) is 0.625. The van der Waals surface area contributed by atoms with Crippen molar-refractivity contribution >= 4 is 40.1 Å². The molecule has 164 valence electrons. The van der Waals surface area contributed by atoms with E-state index in [-0.39, 0.29) is 22.1 Å². The van der Waals surface area contributed by atoms with E-state index in [1.54, 1.807) is 11.0 Å². The topological polar surface area (TPSA) is 60.7 Å². The maximum Gasteiger partial charge on any atom is 0.192 e. The molecule has 32 heavy (non-hydrogen) atoms. The molecule has 0 unspecified atom stereocenters. The van der Waals surface area contributed by atoms with Gasteiger partial charge in [-0.2, -0.15) is 0 Å². The molecule has 3 aromatic carbocycles. The molecular formula is C24H24BrN4OPS. The number of hydrogen-bond donors (Lipinski definition) is 0. The van der Waals surface area contributed by atoms with Crippen LogP contribution in [0.25, 0.3) is 0 Å². The van der Waals surface area contributed by atoms with Gasteiger partial charge in [0, 0.05) is 5.75 Å². The van der Waals surface area contributed by atoms with Gasteiger partial charge in [0.1, 0.15) is 29.5 Å². The summed E-state index contributed by atoms with van der Waals surface area (Å²) in [6.07, 6.45) is 2.90. The van der Waals surface area contributed by atoms with E-state index >= 15 is 0 Å². The third-order valence-electron chi connectivity index (χ3n) is 5.22. The molecule has 1 aromatic heterocycles. The molecule has 1 heterocycles. The number of nitrogens with zero attached hydrogens (tertiary/aromatic N) is 4. The van der Waals surface area contributed by atoms with Crippen LogP contribution in [0.1, 0.15) is 6.42 Å². The maximum atomic E-state index is 12.8. The van der Waals surface area contributed by atoms with E-state index in [1.807, 2.05) is 18.2 Å². The molecule has 0 aliphatic rings. The van der Waals surface area contributed by atoms with E-state index < -0.39 is 7.26 Å². The summed E-state index contributed by atoms with van der Waals surface area (Å²) in [5.41, 5.74) is 0. The Labute approximate surface area is 203 Å². The molecule has 0 radical (unpaired) electrons. The van der Waals surface area contributed by atoms with Gasteiger partial charge in [-0.25, -0.2) is 4.68 Å². The quantitative estimate of drug-likeness (QED) is 0.294. The average molecular weight is 527 g/mol. The lowest BCUT2D eigenvalue weighted by molar-refractivity contribution is -0.110. The van der Waals surface area contributed by atoms with Crippen molar-refractivity contribution in [3.05, 3.63) is 97.3 Å². The molecule has 0 atom stereocenters. The molecule has 4 rings (SSSR count). The number of carbonyl (C=O) groups is 1. The highest BCUT2D eigenvalue weighted by Gasteiger charge is 2.45. The Hall–Kier alpha value is -2.34. The van der Waals surface area contributed by atoms with E-state index in [0.717, 1.165) is 6.16 Å². The molecule has 5 nitrogen and oxygen atoms in total. The zero-order chi connectivity index (χ0) is 21.4. The van der Waals surface area contributed by atoms with Crippen LogP contribution >= 0.6 is 19.0 Å². The Morgan fingerprint density at radius 1 is 0.812 bits per heavy atom. The molecule has 4 aromatic rings. The second kappa shape index (κ2) is 12.0. The zero-order valence-electron chi connectivity index (χ0n) is 17.5. The fraction of sp³-hybridized carbons (Fsp3) is 0.167. The van der Waals surface area contributed by atoms with Gasteiger partial charge in [-0.15, -0.1) is 5.10 Å². The molecule has 0 N–H and O–H groups in total. The van der Waals surface area contributed by atoms with Crippen molar-refractivity contribution < 1.29 is 21.8 Å². The number of benzene rings is 3. The SMILES string of the molecule is O=C(CC[P+](c1ccccc1)(c1ccccc1)c1ccccc1)SCCn1cnnn1.[Br-]. The van der Waals surface area contributed by atoms with Gasteiger partial charge in [-0.05, 0) is 46.8 Å². The third kappa shape index (κ3) is 5.71. The number of tetrazole rings is 1. The van der Waals surface area contributed by atoms with E-state index in [2.05, 4.69) is 88.3 Å². The lowest BCUT2D eigenvalue weighted by atomic mass is 10.4. The summed E-state index contributed by atoms with van der Waals surface area (Å²) in [5.74, 6) is 0.664. The molecule has 0 aliphatic heterocycles. The minimum Gasteiger partial charge on any atom is -1.00 e. The third-order valence-corrected chi connectivity index (χ3v) is 10.6. The second-order valence-corrected chi connectivity index (χ2v) is 11.9. The number of hydrogen-bond acceptors (Lipinski definition) is 5. The predicted octanol–water partition coefficient (Wildman–Crippen LogP) is 0.321. The summed E-state index contributed by atoms with van der Waals surface area (Å²) < 4.78 is 1.65. The van der Waals surface area contributed by atoms with Crippen LogP contribution in [0.5, 0.6) is 0 Å². The van der Waals surface area contributed by atoms with Crippen molar-refractivity contribution in [1.29, 1.82) is 0 Å². The van der Waals surface area contributed by atoms with Crippen LogP contribution in [0.4, 0.5) is 0 Å². The number of halogens is 1. The first-order valence-electron chi connectivity index (χ1n) is 10.2. The Kier molecular flexibility index (Phi) is 9.15. The molecule has 0 saturated carbocycles. The molecule has 0 spiro atoms. The standard InChI is InChI=1S/C24H24N4OPS.BrH/c29-24(31-19-17-28-20-25-26-27-28)16-18-30(21-10-4-1-5-11-21,22-12-6-2-7-13-22)23-14-8-3-9-15-23;/h1-15,20H,16-19H2;1H/q+1;/p-1. The molecular weight excluding hydrogens is 503 g/mol. The van der Waals surface area contributed by atoms with E-state index in [4.69, 9.17) is 0 Å².